The van der Waals surface area contributed by atoms with Crippen LogP contribution in [0.2, 0.25) is 0 Å². The summed E-state index contributed by atoms with van der Waals surface area (Å²) in [7, 11) is 0. The van der Waals surface area contributed by atoms with Gasteiger partial charge in [-0.3, -0.25) is 4.79 Å². The van der Waals surface area contributed by atoms with Crippen LogP contribution in [0.3, 0.4) is 0 Å². The average molecular weight is 345 g/mol. The fraction of sp³-hybridized carbons (Fsp3) is 0.421. The molecule has 0 bridgehead atoms. The van der Waals surface area contributed by atoms with E-state index in [1.54, 1.807) is 11.3 Å². The lowest BCUT2D eigenvalue weighted by atomic mass is 9.98. The molecule has 0 saturated carbocycles. The van der Waals surface area contributed by atoms with E-state index in [0.717, 1.165) is 36.1 Å². The molecule has 1 amide bonds. The highest BCUT2D eigenvalue weighted by Crippen LogP contribution is 2.18. The number of carbonyl (C=O) groups is 1. The summed E-state index contributed by atoms with van der Waals surface area (Å²) in [5, 5.41) is 3.22. The maximum absolute atomic E-state index is 12.6. The number of hydrogen-bond donors (Lipinski definition) is 2. The number of rotatable bonds is 5. The van der Waals surface area contributed by atoms with Crippen LogP contribution in [0.5, 0.6) is 0 Å². The summed E-state index contributed by atoms with van der Waals surface area (Å²) >= 11 is 1.54. The van der Waals surface area contributed by atoms with E-state index in [4.69, 9.17) is 4.74 Å². The van der Waals surface area contributed by atoms with E-state index in [1.165, 1.54) is 10.5 Å². The van der Waals surface area contributed by atoms with Crippen molar-refractivity contribution in [3.63, 3.8) is 0 Å². The van der Waals surface area contributed by atoms with Gasteiger partial charge in [-0.2, -0.15) is 0 Å². The van der Waals surface area contributed by atoms with Crippen molar-refractivity contribution in [3.05, 3.63) is 57.8 Å². The lowest BCUT2D eigenvalue weighted by molar-refractivity contribution is -0.940. The summed E-state index contributed by atoms with van der Waals surface area (Å²) in [4.78, 5) is 16.0. The molecule has 2 N–H and O–H groups in total. The van der Waals surface area contributed by atoms with E-state index in [1.807, 2.05) is 25.1 Å². The van der Waals surface area contributed by atoms with Crippen LogP contribution in [-0.2, 0) is 4.74 Å². The second kappa shape index (κ2) is 7.92. The van der Waals surface area contributed by atoms with Gasteiger partial charge in [0.2, 0.25) is 0 Å². The number of carbonyl (C=O) groups excluding carboxylic acids is 1. The minimum Gasteiger partial charge on any atom is -0.370 e. The molecule has 24 heavy (non-hydrogen) atoms. The highest BCUT2D eigenvalue weighted by Gasteiger charge is 2.32. The highest BCUT2D eigenvalue weighted by molar-refractivity contribution is 7.13. The van der Waals surface area contributed by atoms with Gasteiger partial charge in [0.05, 0.1) is 24.1 Å². The maximum atomic E-state index is 12.6. The van der Waals surface area contributed by atoms with E-state index in [0.29, 0.717) is 0 Å². The van der Waals surface area contributed by atoms with Crippen LogP contribution >= 0.6 is 11.3 Å². The molecule has 0 aliphatic carbocycles. The SMILES string of the molecule is Cc1ccc(C(=O)N[C@H](C)[C@H](c2ccccc2)[NH+]2CCOCC2)s1. The van der Waals surface area contributed by atoms with Gasteiger partial charge in [-0.1, -0.05) is 30.3 Å². The van der Waals surface area contributed by atoms with E-state index in [2.05, 4.69) is 36.5 Å². The molecule has 1 aliphatic heterocycles. The molecular weight excluding hydrogens is 320 g/mol. The summed E-state index contributed by atoms with van der Waals surface area (Å²) in [6, 6.07) is 14.7. The molecule has 1 aromatic heterocycles. The zero-order valence-corrected chi connectivity index (χ0v) is 15.1. The zero-order valence-electron chi connectivity index (χ0n) is 14.2. The lowest BCUT2D eigenvalue weighted by Gasteiger charge is -2.35. The Labute approximate surface area is 147 Å². The monoisotopic (exact) mass is 345 g/mol. The fourth-order valence-corrected chi connectivity index (χ4v) is 4.17. The molecule has 0 radical (unpaired) electrons. The Morgan fingerprint density at radius 3 is 2.50 bits per heavy atom. The number of ether oxygens (including phenoxy) is 1. The molecular formula is C19H25N2O2S+. The Hall–Kier alpha value is -1.69. The predicted octanol–water partition coefficient (Wildman–Crippen LogP) is 1.83. The van der Waals surface area contributed by atoms with Crippen LogP contribution in [0.4, 0.5) is 0 Å². The molecule has 128 valence electrons. The Kier molecular flexibility index (Phi) is 5.66. The van der Waals surface area contributed by atoms with Crippen molar-refractivity contribution in [2.75, 3.05) is 26.3 Å². The average Bonchev–Trinajstić information content (AvgIpc) is 3.04. The molecule has 0 unspecified atom stereocenters. The van der Waals surface area contributed by atoms with Gasteiger partial charge in [-0.25, -0.2) is 0 Å². The summed E-state index contributed by atoms with van der Waals surface area (Å²) in [5.74, 6) is 0.0224. The van der Waals surface area contributed by atoms with Gasteiger partial charge in [0.15, 0.2) is 0 Å². The molecule has 1 aliphatic rings. The Morgan fingerprint density at radius 2 is 1.88 bits per heavy atom. The second-order valence-corrected chi connectivity index (χ2v) is 7.62. The van der Waals surface area contributed by atoms with Gasteiger partial charge in [-0.05, 0) is 26.0 Å². The van der Waals surface area contributed by atoms with E-state index < -0.39 is 0 Å². The van der Waals surface area contributed by atoms with E-state index in [-0.39, 0.29) is 18.0 Å². The van der Waals surface area contributed by atoms with E-state index >= 15 is 0 Å². The van der Waals surface area contributed by atoms with Gasteiger partial charge in [0.25, 0.3) is 5.91 Å². The standard InChI is InChI=1S/C19H24N2O2S/c1-14-8-9-17(24-14)19(22)20-15(2)18(16-6-4-3-5-7-16)21-10-12-23-13-11-21/h3-9,15,18H,10-13H2,1-2H3,(H,20,22)/p+1/t15-,18-/m1/s1. The van der Waals surface area contributed by atoms with Gasteiger partial charge in [0.1, 0.15) is 19.1 Å². The smallest absolute Gasteiger partial charge is 0.261 e. The molecule has 1 saturated heterocycles. The topological polar surface area (TPSA) is 42.8 Å². The minimum absolute atomic E-state index is 0.0224. The van der Waals surface area contributed by atoms with Gasteiger partial charge < -0.3 is 15.0 Å². The third kappa shape index (κ3) is 4.04. The van der Waals surface area contributed by atoms with Crippen molar-refractivity contribution in [1.29, 1.82) is 0 Å². The molecule has 2 aromatic rings. The minimum atomic E-state index is 0.0224. The van der Waals surface area contributed by atoms with Crippen molar-refractivity contribution in [2.45, 2.75) is 25.9 Å². The second-order valence-electron chi connectivity index (χ2n) is 6.33. The summed E-state index contributed by atoms with van der Waals surface area (Å²) in [5.41, 5.74) is 1.27. The number of quaternary nitrogens is 1. The van der Waals surface area contributed by atoms with Gasteiger partial charge in [0, 0.05) is 10.4 Å². The number of nitrogens with one attached hydrogen (secondary N) is 2. The third-order valence-electron chi connectivity index (χ3n) is 4.56. The Balaban J connectivity index is 1.77. The summed E-state index contributed by atoms with van der Waals surface area (Å²) < 4.78 is 5.51. The van der Waals surface area contributed by atoms with Crippen LogP contribution in [0.25, 0.3) is 0 Å². The first kappa shape index (κ1) is 17.1. The molecule has 2 heterocycles. The van der Waals surface area contributed by atoms with Crippen molar-refractivity contribution >= 4 is 17.2 Å². The molecule has 1 aromatic carbocycles. The van der Waals surface area contributed by atoms with Crippen molar-refractivity contribution < 1.29 is 14.4 Å². The van der Waals surface area contributed by atoms with Crippen LogP contribution in [0.1, 0.15) is 33.1 Å². The quantitative estimate of drug-likeness (QED) is 0.868. The van der Waals surface area contributed by atoms with Crippen LogP contribution in [-0.4, -0.2) is 38.3 Å². The molecule has 4 nitrogen and oxygen atoms in total. The van der Waals surface area contributed by atoms with Crippen molar-refractivity contribution in [2.24, 2.45) is 0 Å². The lowest BCUT2D eigenvalue weighted by Crippen LogP contribution is -3.15. The highest BCUT2D eigenvalue weighted by atomic mass is 32.1. The molecule has 0 spiro atoms. The number of benzene rings is 1. The molecule has 1 fully saturated rings. The number of aryl methyl sites for hydroxylation is 1. The van der Waals surface area contributed by atoms with Gasteiger partial charge >= 0.3 is 0 Å². The maximum Gasteiger partial charge on any atom is 0.261 e. The Bertz CT molecular complexity index is 665. The zero-order chi connectivity index (χ0) is 16.9. The molecule has 2 atom stereocenters. The largest absolute Gasteiger partial charge is 0.370 e. The number of morpholine rings is 1. The van der Waals surface area contributed by atoms with Crippen molar-refractivity contribution in [3.8, 4) is 0 Å². The summed E-state index contributed by atoms with van der Waals surface area (Å²) in [6.45, 7) is 7.64. The first-order chi connectivity index (χ1) is 11.6. The number of hydrogen-bond acceptors (Lipinski definition) is 3. The Morgan fingerprint density at radius 1 is 1.17 bits per heavy atom. The third-order valence-corrected chi connectivity index (χ3v) is 5.56. The number of thiophene rings is 1. The normalized spacial score (nSPS) is 18.1. The van der Waals surface area contributed by atoms with Crippen LogP contribution in [0.15, 0.2) is 42.5 Å². The number of amides is 1. The van der Waals surface area contributed by atoms with Crippen LogP contribution in [0, 0.1) is 6.92 Å². The van der Waals surface area contributed by atoms with Gasteiger partial charge in [-0.15, -0.1) is 11.3 Å². The van der Waals surface area contributed by atoms with Crippen molar-refractivity contribution in [1.82, 2.24) is 5.32 Å². The molecule has 5 heteroatoms. The fourth-order valence-electron chi connectivity index (χ4n) is 3.40. The van der Waals surface area contributed by atoms with Crippen LogP contribution < -0.4 is 10.2 Å². The van der Waals surface area contributed by atoms with E-state index in [9.17, 15) is 4.79 Å². The molecule has 3 rings (SSSR count). The predicted molar refractivity (Wildman–Crippen MR) is 96.7 cm³/mol. The summed E-state index contributed by atoms with van der Waals surface area (Å²) in [6.07, 6.45) is 0. The first-order valence-corrected chi connectivity index (χ1v) is 9.31. The first-order valence-electron chi connectivity index (χ1n) is 8.49.